The molecule has 0 spiro atoms. The average molecular weight is 726 g/mol. The highest BCUT2D eigenvalue weighted by Crippen LogP contribution is 2.44. The van der Waals surface area contributed by atoms with Gasteiger partial charge in [0.2, 0.25) is 0 Å². The minimum atomic E-state index is 0.801. The molecule has 266 valence electrons. The zero-order chi connectivity index (χ0) is 37.7. The molecule has 2 aromatic heterocycles. The van der Waals surface area contributed by atoms with Crippen molar-refractivity contribution in [1.29, 1.82) is 0 Å². The Balaban J connectivity index is 1.09. The summed E-state index contributed by atoms with van der Waals surface area (Å²) in [6, 6.07) is 75.8. The lowest BCUT2D eigenvalue weighted by Gasteiger charge is -2.18. The Morgan fingerprint density at radius 2 is 0.842 bits per heavy atom. The SMILES string of the molecule is c1ccc(-c2cc(-c3ccccc3)nc(-c3nc4ccccc4n3-c3ccc(-c4c5ccccc5c(-c5ccc6ccccc6c5)c5ccccc45)cc3)c2)cc1. The van der Waals surface area contributed by atoms with Crippen LogP contribution in [0.1, 0.15) is 0 Å². The quantitative estimate of drug-likeness (QED) is 0.160. The third-order valence-electron chi connectivity index (χ3n) is 11.2. The summed E-state index contributed by atoms with van der Waals surface area (Å²) in [4.78, 5) is 10.5. The van der Waals surface area contributed by atoms with Crippen molar-refractivity contribution in [2.75, 3.05) is 0 Å². The van der Waals surface area contributed by atoms with Crippen LogP contribution in [0.3, 0.4) is 0 Å². The van der Waals surface area contributed by atoms with Gasteiger partial charge in [-0.3, -0.25) is 4.57 Å². The van der Waals surface area contributed by atoms with Crippen LogP contribution in [0.25, 0.3) is 105 Å². The Labute approximate surface area is 330 Å². The number of nitrogens with zero attached hydrogens (tertiary/aromatic N) is 3. The van der Waals surface area contributed by atoms with E-state index in [1.807, 2.05) is 12.1 Å². The first-order chi connectivity index (χ1) is 28.3. The van der Waals surface area contributed by atoms with E-state index < -0.39 is 0 Å². The maximum Gasteiger partial charge on any atom is 0.164 e. The molecule has 0 aliphatic rings. The third-order valence-corrected chi connectivity index (χ3v) is 11.2. The highest BCUT2D eigenvalue weighted by molar-refractivity contribution is 6.21. The molecule has 0 saturated heterocycles. The fourth-order valence-corrected chi connectivity index (χ4v) is 8.53. The third kappa shape index (κ3) is 5.68. The van der Waals surface area contributed by atoms with E-state index in [1.165, 1.54) is 49.0 Å². The summed E-state index contributed by atoms with van der Waals surface area (Å²) < 4.78 is 2.25. The van der Waals surface area contributed by atoms with Crippen molar-refractivity contribution in [3.63, 3.8) is 0 Å². The van der Waals surface area contributed by atoms with Crippen LogP contribution in [-0.2, 0) is 0 Å². The number of imidazole rings is 1. The molecule has 3 nitrogen and oxygen atoms in total. The molecule has 0 atom stereocenters. The molecule has 0 aliphatic carbocycles. The van der Waals surface area contributed by atoms with Crippen LogP contribution in [0.4, 0.5) is 0 Å². The molecule has 3 heteroatoms. The molecule has 11 rings (SSSR count). The molecule has 11 aromatic rings. The van der Waals surface area contributed by atoms with Crippen LogP contribution in [0.5, 0.6) is 0 Å². The van der Waals surface area contributed by atoms with Gasteiger partial charge in [0.05, 0.1) is 16.7 Å². The van der Waals surface area contributed by atoms with Crippen molar-refractivity contribution in [2.45, 2.75) is 0 Å². The smallest absolute Gasteiger partial charge is 0.164 e. The average Bonchev–Trinajstić information content (AvgIpc) is 3.68. The van der Waals surface area contributed by atoms with Crippen LogP contribution in [0.2, 0.25) is 0 Å². The summed E-state index contributed by atoms with van der Waals surface area (Å²) in [6.07, 6.45) is 0. The number of hydrogen-bond acceptors (Lipinski definition) is 2. The van der Waals surface area contributed by atoms with Gasteiger partial charge >= 0.3 is 0 Å². The monoisotopic (exact) mass is 725 g/mol. The van der Waals surface area contributed by atoms with Gasteiger partial charge in [0.15, 0.2) is 5.82 Å². The van der Waals surface area contributed by atoms with Crippen molar-refractivity contribution < 1.29 is 0 Å². The van der Waals surface area contributed by atoms with E-state index in [2.05, 4.69) is 205 Å². The molecule has 0 saturated carbocycles. The molecule has 57 heavy (non-hydrogen) atoms. The summed E-state index contributed by atoms with van der Waals surface area (Å²) >= 11 is 0. The molecule has 9 aromatic carbocycles. The van der Waals surface area contributed by atoms with Gasteiger partial charge < -0.3 is 0 Å². The predicted octanol–water partition coefficient (Wildman–Crippen LogP) is 14.2. The maximum atomic E-state index is 5.28. The number of pyridine rings is 1. The summed E-state index contributed by atoms with van der Waals surface area (Å²) in [6.45, 7) is 0. The van der Waals surface area contributed by atoms with Gasteiger partial charge in [0.1, 0.15) is 5.69 Å². The van der Waals surface area contributed by atoms with Crippen LogP contribution < -0.4 is 0 Å². The first kappa shape index (κ1) is 32.8. The highest BCUT2D eigenvalue weighted by atomic mass is 15.1. The van der Waals surface area contributed by atoms with E-state index in [1.54, 1.807) is 0 Å². The number of hydrogen-bond donors (Lipinski definition) is 0. The van der Waals surface area contributed by atoms with Crippen molar-refractivity contribution in [3.05, 3.63) is 212 Å². The van der Waals surface area contributed by atoms with Gasteiger partial charge in [-0.2, -0.15) is 0 Å². The molecule has 0 amide bonds. The van der Waals surface area contributed by atoms with Gasteiger partial charge in [-0.1, -0.05) is 170 Å². The first-order valence-electron chi connectivity index (χ1n) is 19.4. The van der Waals surface area contributed by atoms with Crippen molar-refractivity contribution in [2.24, 2.45) is 0 Å². The number of fused-ring (bicyclic) bond motifs is 4. The number of benzene rings is 9. The molecule has 0 bridgehead atoms. The first-order valence-corrected chi connectivity index (χ1v) is 19.4. The second-order valence-electron chi connectivity index (χ2n) is 14.6. The Morgan fingerprint density at radius 3 is 1.53 bits per heavy atom. The Hall–Kier alpha value is -7.62. The van der Waals surface area contributed by atoms with Crippen LogP contribution in [0, 0.1) is 0 Å². The van der Waals surface area contributed by atoms with Crippen molar-refractivity contribution in [3.8, 4) is 61.8 Å². The normalized spacial score (nSPS) is 11.5. The molecule has 0 unspecified atom stereocenters. The second-order valence-corrected chi connectivity index (χ2v) is 14.6. The van der Waals surface area contributed by atoms with E-state index >= 15 is 0 Å². The number of rotatable bonds is 6. The Bertz CT molecular complexity index is 3160. The van der Waals surface area contributed by atoms with Gasteiger partial charge in [0.25, 0.3) is 0 Å². The van der Waals surface area contributed by atoms with E-state index in [0.717, 1.165) is 56.2 Å². The molecule has 0 N–H and O–H groups in total. The molecular weight excluding hydrogens is 691 g/mol. The molecule has 0 fully saturated rings. The van der Waals surface area contributed by atoms with Crippen LogP contribution >= 0.6 is 0 Å². The summed E-state index contributed by atoms with van der Waals surface area (Å²) in [5.74, 6) is 0.801. The zero-order valence-electron chi connectivity index (χ0n) is 31.0. The van der Waals surface area contributed by atoms with E-state index in [4.69, 9.17) is 9.97 Å². The predicted molar refractivity (Wildman–Crippen MR) is 239 cm³/mol. The fraction of sp³-hybridized carbons (Fsp3) is 0. The minimum absolute atomic E-state index is 0.801. The summed E-state index contributed by atoms with van der Waals surface area (Å²) in [5.41, 5.74) is 12.9. The fourth-order valence-electron chi connectivity index (χ4n) is 8.53. The summed E-state index contributed by atoms with van der Waals surface area (Å²) in [7, 11) is 0. The Kier molecular flexibility index (Phi) is 7.82. The second kappa shape index (κ2) is 13.6. The standard InChI is InChI=1S/C54H35N3/c1-3-15-36(16-4-1)42-34-49(38-18-5-2-6-19-38)55-50(35-42)54-56-48-25-13-14-26-51(48)57(54)43-31-29-39(30-32-43)52-44-21-9-11-23-46(44)53(47-24-12-10-22-45(47)52)41-28-27-37-17-7-8-20-40(37)33-41/h1-35H. The molecule has 2 heterocycles. The van der Waals surface area contributed by atoms with Gasteiger partial charge in [0, 0.05) is 11.3 Å². The zero-order valence-corrected chi connectivity index (χ0v) is 31.0. The lowest BCUT2D eigenvalue weighted by Crippen LogP contribution is -2.00. The summed E-state index contributed by atoms with van der Waals surface area (Å²) in [5, 5.41) is 7.44. The molecule has 0 radical (unpaired) electrons. The number of para-hydroxylation sites is 2. The highest BCUT2D eigenvalue weighted by Gasteiger charge is 2.20. The maximum absolute atomic E-state index is 5.28. The van der Waals surface area contributed by atoms with Crippen LogP contribution in [-0.4, -0.2) is 14.5 Å². The molecular formula is C54H35N3. The van der Waals surface area contributed by atoms with E-state index in [0.29, 0.717) is 0 Å². The molecule has 0 aliphatic heterocycles. The minimum Gasteiger partial charge on any atom is -0.291 e. The Morgan fingerprint density at radius 1 is 0.316 bits per heavy atom. The van der Waals surface area contributed by atoms with Gasteiger partial charge in [-0.15, -0.1) is 0 Å². The van der Waals surface area contributed by atoms with E-state index in [9.17, 15) is 0 Å². The van der Waals surface area contributed by atoms with E-state index in [-0.39, 0.29) is 0 Å². The lowest BCUT2D eigenvalue weighted by molar-refractivity contribution is 1.08. The van der Waals surface area contributed by atoms with Gasteiger partial charge in [-0.25, -0.2) is 9.97 Å². The largest absolute Gasteiger partial charge is 0.291 e. The van der Waals surface area contributed by atoms with Crippen molar-refractivity contribution >= 4 is 43.4 Å². The van der Waals surface area contributed by atoms with Crippen molar-refractivity contribution in [1.82, 2.24) is 14.5 Å². The van der Waals surface area contributed by atoms with Gasteiger partial charge in [-0.05, 0) is 108 Å². The number of aromatic nitrogens is 3. The van der Waals surface area contributed by atoms with Crippen LogP contribution in [0.15, 0.2) is 212 Å². The lowest BCUT2D eigenvalue weighted by atomic mass is 9.85. The topological polar surface area (TPSA) is 30.7 Å².